The Bertz CT molecular complexity index is 952. The first-order valence-electron chi connectivity index (χ1n) is 9.50. The van der Waals surface area contributed by atoms with E-state index in [9.17, 15) is 13.2 Å². The number of nitrogens with one attached hydrogen (secondary N) is 1. The molecule has 3 rings (SSSR count). The lowest BCUT2D eigenvalue weighted by atomic mass is 10.1. The van der Waals surface area contributed by atoms with Gasteiger partial charge >= 0.3 is 0 Å². The molecule has 29 heavy (non-hydrogen) atoms. The number of methoxy groups -OCH3 is 2. The van der Waals surface area contributed by atoms with Crippen LogP contribution in [0.15, 0.2) is 47.4 Å². The number of nitrogens with zero attached hydrogens (tertiary/aromatic N) is 1. The molecule has 1 aliphatic rings. The highest BCUT2D eigenvalue weighted by Crippen LogP contribution is 2.24. The predicted octanol–water partition coefficient (Wildman–Crippen LogP) is 2.35. The van der Waals surface area contributed by atoms with Crippen LogP contribution in [-0.2, 0) is 27.8 Å². The van der Waals surface area contributed by atoms with Gasteiger partial charge in [0.25, 0.3) is 0 Å². The average molecular weight is 419 g/mol. The maximum Gasteiger partial charge on any atom is 0.243 e. The molecule has 8 heteroatoms. The van der Waals surface area contributed by atoms with Crippen LogP contribution in [0.5, 0.6) is 11.5 Å². The molecule has 1 heterocycles. The van der Waals surface area contributed by atoms with Gasteiger partial charge in [-0.15, -0.1) is 0 Å². The van der Waals surface area contributed by atoms with Crippen LogP contribution in [-0.4, -0.2) is 45.9 Å². The summed E-state index contributed by atoms with van der Waals surface area (Å²) >= 11 is 0. The Labute approximate surface area is 171 Å². The lowest BCUT2D eigenvalue weighted by Gasteiger charge is -2.15. The van der Waals surface area contributed by atoms with Crippen LogP contribution in [0.4, 0.5) is 0 Å². The van der Waals surface area contributed by atoms with Crippen molar-refractivity contribution in [1.29, 1.82) is 0 Å². The van der Waals surface area contributed by atoms with Crippen molar-refractivity contribution in [3.8, 4) is 11.5 Å². The molecule has 0 spiro atoms. The fourth-order valence-corrected chi connectivity index (χ4v) is 4.83. The number of ether oxygens (including phenoxy) is 2. The van der Waals surface area contributed by atoms with E-state index in [2.05, 4.69) is 5.32 Å². The molecule has 2 aromatic rings. The Morgan fingerprint density at radius 1 is 1.03 bits per heavy atom. The van der Waals surface area contributed by atoms with Crippen LogP contribution >= 0.6 is 0 Å². The smallest absolute Gasteiger partial charge is 0.243 e. The Morgan fingerprint density at radius 3 is 2.34 bits per heavy atom. The van der Waals surface area contributed by atoms with Gasteiger partial charge in [-0.05, 0) is 48.7 Å². The molecule has 1 N–H and O–H groups in total. The first-order valence-corrected chi connectivity index (χ1v) is 10.9. The molecule has 0 unspecified atom stereocenters. The molecule has 2 aromatic carbocycles. The minimum Gasteiger partial charge on any atom is -0.497 e. The largest absolute Gasteiger partial charge is 0.497 e. The van der Waals surface area contributed by atoms with Gasteiger partial charge in [0.05, 0.1) is 25.5 Å². The Kier molecular flexibility index (Phi) is 6.76. The van der Waals surface area contributed by atoms with Crippen molar-refractivity contribution in [3.05, 3.63) is 53.6 Å². The number of carbonyl (C=O) groups is 1. The zero-order chi connectivity index (χ0) is 20.9. The van der Waals surface area contributed by atoms with Crippen molar-refractivity contribution in [2.75, 3.05) is 27.3 Å². The molecule has 1 fully saturated rings. The van der Waals surface area contributed by atoms with E-state index in [4.69, 9.17) is 9.47 Å². The third-order valence-electron chi connectivity index (χ3n) is 4.95. The summed E-state index contributed by atoms with van der Waals surface area (Å²) in [5.74, 6) is 1.12. The second-order valence-electron chi connectivity index (χ2n) is 6.89. The van der Waals surface area contributed by atoms with Gasteiger partial charge in [0.2, 0.25) is 15.9 Å². The quantitative estimate of drug-likeness (QED) is 0.711. The normalized spacial score (nSPS) is 14.6. The molecular formula is C21H26N2O5S. The number of carbonyl (C=O) groups excluding carboxylic acids is 1. The second-order valence-corrected chi connectivity index (χ2v) is 8.82. The van der Waals surface area contributed by atoms with Crippen molar-refractivity contribution in [2.45, 2.75) is 30.7 Å². The van der Waals surface area contributed by atoms with E-state index in [-0.39, 0.29) is 17.2 Å². The van der Waals surface area contributed by atoms with Gasteiger partial charge in [0.15, 0.2) is 0 Å². The summed E-state index contributed by atoms with van der Waals surface area (Å²) < 4.78 is 37.1. The van der Waals surface area contributed by atoms with Crippen LogP contribution < -0.4 is 14.8 Å². The third-order valence-corrected chi connectivity index (χ3v) is 6.87. The lowest BCUT2D eigenvalue weighted by Crippen LogP contribution is -2.28. The summed E-state index contributed by atoms with van der Waals surface area (Å²) in [4.78, 5) is 12.6. The SMILES string of the molecule is COc1ccc(OC)c(CC(=O)NCc2ccc(S(=O)(=O)N3CCCC3)cc2)c1. The van der Waals surface area contributed by atoms with Crippen molar-refractivity contribution < 1.29 is 22.7 Å². The van der Waals surface area contributed by atoms with Crippen molar-refractivity contribution in [1.82, 2.24) is 9.62 Å². The number of sulfonamides is 1. The topological polar surface area (TPSA) is 84.9 Å². The van der Waals surface area contributed by atoms with Crippen molar-refractivity contribution in [3.63, 3.8) is 0 Å². The van der Waals surface area contributed by atoms with E-state index >= 15 is 0 Å². The Hall–Kier alpha value is -2.58. The van der Waals surface area contributed by atoms with Crippen LogP contribution in [0, 0.1) is 0 Å². The predicted molar refractivity (Wildman–Crippen MR) is 110 cm³/mol. The lowest BCUT2D eigenvalue weighted by molar-refractivity contribution is -0.120. The maximum atomic E-state index is 12.6. The van der Waals surface area contributed by atoms with Gasteiger partial charge in [-0.2, -0.15) is 4.31 Å². The number of benzene rings is 2. The first kappa shape index (κ1) is 21.1. The summed E-state index contributed by atoms with van der Waals surface area (Å²) in [5.41, 5.74) is 1.56. The molecule has 0 aliphatic carbocycles. The molecule has 1 aliphatic heterocycles. The molecule has 1 saturated heterocycles. The van der Waals surface area contributed by atoms with E-state index < -0.39 is 10.0 Å². The summed E-state index contributed by atoms with van der Waals surface area (Å²) in [6, 6.07) is 12.0. The van der Waals surface area contributed by atoms with Crippen LogP contribution in [0.3, 0.4) is 0 Å². The zero-order valence-corrected chi connectivity index (χ0v) is 17.5. The number of hydrogen-bond donors (Lipinski definition) is 1. The average Bonchev–Trinajstić information content (AvgIpc) is 3.28. The van der Waals surface area contributed by atoms with Gasteiger partial charge in [0.1, 0.15) is 11.5 Å². The highest BCUT2D eigenvalue weighted by molar-refractivity contribution is 7.89. The fourth-order valence-electron chi connectivity index (χ4n) is 3.31. The van der Waals surface area contributed by atoms with Gasteiger partial charge in [-0.1, -0.05) is 12.1 Å². The molecule has 156 valence electrons. The van der Waals surface area contributed by atoms with E-state index in [1.807, 2.05) is 0 Å². The second kappa shape index (κ2) is 9.28. The van der Waals surface area contributed by atoms with E-state index in [1.54, 1.807) is 56.7 Å². The molecule has 0 aromatic heterocycles. The monoisotopic (exact) mass is 418 g/mol. The van der Waals surface area contributed by atoms with E-state index in [0.717, 1.165) is 24.0 Å². The Balaban J connectivity index is 1.59. The van der Waals surface area contributed by atoms with E-state index in [0.29, 0.717) is 31.1 Å². The molecule has 0 saturated carbocycles. The van der Waals surface area contributed by atoms with Gasteiger partial charge < -0.3 is 14.8 Å². The summed E-state index contributed by atoms with van der Waals surface area (Å²) in [6.45, 7) is 1.47. The van der Waals surface area contributed by atoms with Crippen molar-refractivity contribution >= 4 is 15.9 Å². The molecular weight excluding hydrogens is 392 g/mol. The number of rotatable bonds is 8. The summed E-state index contributed by atoms with van der Waals surface area (Å²) in [6.07, 6.45) is 1.96. The molecule has 1 amide bonds. The van der Waals surface area contributed by atoms with Crippen molar-refractivity contribution in [2.24, 2.45) is 0 Å². The van der Waals surface area contributed by atoms with Crippen LogP contribution in [0.2, 0.25) is 0 Å². The molecule has 7 nitrogen and oxygen atoms in total. The van der Waals surface area contributed by atoms with Gasteiger partial charge in [-0.25, -0.2) is 8.42 Å². The van der Waals surface area contributed by atoms with Crippen LogP contribution in [0.1, 0.15) is 24.0 Å². The van der Waals surface area contributed by atoms with Gasteiger partial charge in [-0.3, -0.25) is 4.79 Å². The Morgan fingerprint density at radius 2 is 1.72 bits per heavy atom. The molecule has 0 bridgehead atoms. The number of hydrogen-bond acceptors (Lipinski definition) is 5. The summed E-state index contributed by atoms with van der Waals surface area (Å²) in [5, 5.41) is 2.85. The maximum absolute atomic E-state index is 12.6. The van der Waals surface area contributed by atoms with E-state index in [1.165, 1.54) is 4.31 Å². The highest BCUT2D eigenvalue weighted by Gasteiger charge is 2.26. The minimum atomic E-state index is -3.42. The van der Waals surface area contributed by atoms with Gasteiger partial charge in [0, 0.05) is 25.2 Å². The number of amides is 1. The molecule has 0 radical (unpaired) electrons. The third kappa shape index (κ3) is 5.07. The first-order chi connectivity index (χ1) is 13.9. The summed E-state index contributed by atoms with van der Waals surface area (Å²) in [7, 11) is -0.296. The van der Waals surface area contributed by atoms with Crippen LogP contribution in [0.25, 0.3) is 0 Å². The highest BCUT2D eigenvalue weighted by atomic mass is 32.2. The molecule has 0 atom stereocenters. The minimum absolute atomic E-state index is 0.155. The fraction of sp³-hybridized carbons (Fsp3) is 0.381. The standard InChI is InChI=1S/C21H26N2O5S/c1-27-18-7-10-20(28-2)17(13-18)14-21(24)22-15-16-5-8-19(9-6-16)29(25,26)23-11-3-4-12-23/h5-10,13H,3-4,11-12,14-15H2,1-2H3,(H,22,24). The zero-order valence-electron chi connectivity index (χ0n) is 16.7.